The molecule has 6 heteroatoms. The molecule has 1 unspecified atom stereocenters. The van der Waals surface area contributed by atoms with E-state index in [0.29, 0.717) is 24.6 Å². The van der Waals surface area contributed by atoms with E-state index in [1.807, 2.05) is 18.2 Å². The molecule has 0 N–H and O–H groups in total. The minimum Gasteiger partial charge on any atom is -0.465 e. The maximum atomic E-state index is 12.3. The molecule has 1 atom stereocenters. The van der Waals surface area contributed by atoms with Gasteiger partial charge in [-0.2, -0.15) is 0 Å². The third-order valence-corrected chi connectivity index (χ3v) is 4.57. The molecule has 20 heavy (non-hydrogen) atoms. The lowest BCUT2D eigenvalue weighted by Gasteiger charge is -2.17. The largest absolute Gasteiger partial charge is 0.465 e. The summed E-state index contributed by atoms with van der Waals surface area (Å²) in [6.45, 7) is 2.76. The van der Waals surface area contributed by atoms with Crippen LogP contribution in [0.25, 0.3) is 0 Å². The molecule has 0 aliphatic carbocycles. The third kappa shape index (κ3) is 3.46. The number of thioether (sulfide) groups is 1. The maximum absolute atomic E-state index is 12.3. The van der Waals surface area contributed by atoms with Crippen molar-refractivity contribution >= 4 is 40.9 Å². The quantitative estimate of drug-likeness (QED) is 0.784. The first-order valence-corrected chi connectivity index (χ1v) is 7.89. The van der Waals surface area contributed by atoms with Crippen molar-refractivity contribution in [2.45, 2.75) is 18.6 Å². The van der Waals surface area contributed by atoms with Gasteiger partial charge >= 0.3 is 5.97 Å². The minimum atomic E-state index is -0.276. The molecule has 2 rings (SSSR count). The molecule has 0 aromatic heterocycles. The lowest BCUT2D eigenvalue weighted by atomic mass is 10.3. The Morgan fingerprint density at radius 3 is 2.95 bits per heavy atom. The second kappa shape index (κ2) is 6.99. The molecule has 0 saturated carbocycles. The molecule has 0 spiro atoms. The highest BCUT2D eigenvalue weighted by Gasteiger charge is 2.34. The Morgan fingerprint density at radius 1 is 1.50 bits per heavy atom. The van der Waals surface area contributed by atoms with Gasteiger partial charge in [0.05, 0.1) is 28.3 Å². The summed E-state index contributed by atoms with van der Waals surface area (Å²) in [5.41, 5.74) is 0.735. The van der Waals surface area contributed by atoms with Crippen LogP contribution in [0.15, 0.2) is 24.3 Å². The summed E-state index contributed by atoms with van der Waals surface area (Å²) < 4.78 is 4.86. The first kappa shape index (κ1) is 15.2. The predicted octanol–water partition coefficient (Wildman–Crippen LogP) is 2.74. The monoisotopic (exact) mass is 313 g/mol. The third-order valence-electron chi connectivity index (χ3n) is 3.01. The van der Waals surface area contributed by atoms with Gasteiger partial charge in [0, 0.05) is 6.54 Å². The summed E-state index contributed by atoms with van der Waals surface area (Å²) in [7, 11) is 0. The van der Waals surface area contributed by atoms with Crippen LogP contribution < -0.4 is 4.90 Å². The van der Waals surface area contributed by atoms with Gasteiger partial charge < -0.3 is 9.64 Å². The highest BCUT2D eigenvalue weighted by atomic mass is 35.5. The number of esters is 1. The van der Waals surface area contributed by atoms with Gasteiger partial charge in [0.25, 0.3) is 0 Å². The number of benzene rings is 1. The number of para-hydroxylation sites is 1. The number of nitrogens with zero attached hydrogens (tertiary/aromatic N) is 1. The summed E-state index contributed by atoms with van der Waals surface area (Å²) in [6, 6.07) is 7.29. The Kier molecular flexibility index (Phi) is 5.31. The van der Waals surface area contributed by atoms with Crippen molar-refractivity contribution in [2.24, 2.45) is 0 Å². The van der Waals surface area contributed by atoms with Gasteiger partial charge in [0.2, 0.25) is 5.91 Å². The van der Waals surface area contributed by atoms with Crippen LogP contribution in [0.2, 0.25) is 5.02 Å². The molecule has 0 radical (unpaired) electrons. The number of anilines is 1. The fourth-order valence-corrected chi connectivity index (χ4v) is 3.29. The van der Waals surface area contributed by atoms with Crippen LogP contribution in [0, 0.1) is 0 Å². The van der Waals surface area contributed by atoms with E-state index in [-0.39, 0.29) is 22.9 Å². The van der Waals surface area contributed by atoms with E-state index in [1.54, 1.807) is 17.9 Å². The topological polar surface area (TPSA) is 46.6 Å². The molecule has 1 saturated heterocycles. The molecule has 0 bridgehead atoms. The van der Waals surface area contributed by atoms with Gasteiger partial charge in [-0.05, 0) is 25.5 Å². The van der Waals surface area contributed by atoms with Crippen LogP contribution in [-0.2, 0) is 14.3 Å². The van der Waals surface area contributed by atoms with Gasteiger partial charge in [-0.15, -0.1) is 11.8 Å². The summed E-state index contributed by atoms with van der Waals surface area (Å²) in [5, 5.41) is 0.368. The SMILES string of the molecule is CCOC(=O)CSC1CCN(c2ccccc2Cl)C1=O. The zero-order chi connectivity index (χ0) is 14.5. The number of halogens is 1. The zero-order valence-corrected chi connectivity index (χ0v) is 12.7. The average molecular weight is 314 g/mol. The lowest BCUT2D eigenvalue weighted by Crippen LogP contribution is -2.28. The lowest BCUT2D eigenvalue weighted by molar-refractivity contribution is -0.139. The molecule has 1 amide bonds. The predicted molar refractivity (Wildman–Crippen MR) is 81.3 cm³/mol. The highest BCUT2D eigenvalue weighted by molar-refractivity contribution is 8.01. The van der Waals surface area contributed by atoms with Crippen molar-refractivity contribution < 1.29 is 14.3 Å². The fourth-order valence-electron chi connectivity index (χ4n) is 2.09. The van der Waals surface area contributed by atoms with Crippen molar-refractivity contribution in [3.8, 4) is 0 Å². The first-order chi connectivity index (χ1) is 9.63. The Morgan fingerprint density at radius 2 is 2.25 bits per heavy atom. The van der Waals surface area contributed by atoms with Crippen LogP contribution in [0.3, 0.4) is 0 Å². The molecule has 1 aromatic carbocycles. The Bertz CT molecular complexity index is 509. The van der Waals surface area contributed by atoms with E-state index < -0.39 is 0 Å². The average Bonchev–Trinajstić information content (AvgIpc) is 2.79. The zero-order valence-electron chi connectivity index (χ0n) is 11.2. The van der Waals surface area contributed by atoms with E-state index in [2.05, 4.69) is 0 Å². The van der Waals surface area contributed by atoms with Gasteiger partial charge in [-0.1, -0.05) is 23.7 Å². The molecule has 4 nitrogen and oxygen atoms in total. The van der Waals surface area contributed by atoms with Gasteiger partial charge in [0.1, 0.15) is 0 Å². The normalized spacial score (nSPS) is 18.4. The van der Waals surface area contributed by atoms with Gasteiger partial charge in [0.15, 0.2) is 0 Å². The van der Waals surface area contributed by atoms with Crippen LogP contribution in [0.4, 0.5) is 5.69 Å². The summed E-state index contributed by atoms with van der Waals surface area (Å²) in [5.74, 6) is -0.0606. The second-order valence-corrected chi connectivity index (χ2v) is 5.93. The summed E-state index contributed by atoms with van der Waals surface area (Å²) in [6.07, 6.45) is 0.716. The Hall–Kier alpha value is -1.20. The molecular formula is C14H16ClNO3S. The molecule has 1 heterocycles. The fraction of sp³-hybridized carbons (Fsp3) is 0.429. The smallest absolute Gasteiger partial charge is 0.315 e. The molecule has 1 fully saturated rings. The Balaban J connectivity index is 1.96. The van der Waals surface area contributed by atoms with Gasteiger partial charge in [-0.25, -0.2) is 0 Å². The highest BCUT2D eigenvalue weighted by Crippen LogP contribution is 2.32. The minimum absolute atomic E-state index is 0.00685. The van der Waals surface area contributed by atoms with E-state index in [0.717, 1.165) is 5.69 Å². The van der Waals surface area contributed by atoms with Crippen LogP contribution in [0.1, 0.15) is 13.3 Å². The molecule has 1 aliphatic rings. The van der Waals surface area contributed by atoms with Crippen LogP contribution >= 0.6 is 23.4 Å². The first-order valence-electron chi connectivity index (χ1n) is 6.46. The van der Waals surface area contributed by atoms with Crippen molar-refractivity contribution in [2.75, 3.05) is 23.8 Å². The molecule has 1 aliphatic heterocycles. The number of carbonyl (C=O) groups excluding carboxylic acids is 2. The number of hydrogen-bond acceptors (Lipinski definition) is 4. The van der Waals surface area contributed by atoms with E-state index in [4.69, 9.17) is 16.3 Å². The summed E-state index contributed by atoms with van der Waals surface area (Å²) in [4.78, 5) is 25.3. The van der Waals surface area contributed by atoms with Crippen molar-refractivity contribution in [3.63, 3.8) is 0 Å². The molecular weight excluding hydrogens is 298 g/mol. The number of amides is 1. The number of hydrogen-bond donors (Lipinski definition) is 0. The van der Waals surface area contributed by atoms with Crippen LogP contribution in [0.5, 0.6) is 0 Å². The maximum Gasteiger partial charge on any atom is 0.315 e. The van der Waals surface area contributed by atoms with Crippen LogP contribution in [-0.4, -0.2) is 36.0 Å². The van der Waals surface area contributed by atoms with Gasteiger partial charge in [-0.3, -0.25) is 9.59 Å². The van der Waals surface area contributed by atoms with Crippen molar-refractivity contribution in [1.82, 2.24) is 0 Å². The van der Waals surface area contributed by atoms with Crippen molar-refractivity contribution in [1.29, 1.82) is 0 Å². The standard InChI is InChI=1S/C14H16ClNO3S/c1-2-19-13(17)9-20-12-7-8-16(14(12)18)11-6-4-3-5-10(11)15/h3-6,12H,2,7-9H2,1H3. The van der Waals surface area contributed by atoms with E-state index in [9.17, 15) is 9.59 Å². The van der Waals surface area contributed by atoms with E-state index in [1.165, 1.54) is 11.8 Å². The Labute approximate surface area is 127 Å². The molecule has 1 aromatic rings. The number of ether oxygens (including phenoxy) is 1. The number of carbonyl (C=O) groups is 2. The number of rotatable bonds is 5. The van der Waals surface area contributed by atoms with Crippen molar-refractivity contribution in [3.05, 3.63) is 29.3 Å². The second-order valence-electron chi connectivity index (χ2n) is 4.33. The summed E-state index contributed by atoms with van der Waals surface area (Å²) >= 11 is 7.45. The van der Waals surface area contributed by atoms with E-state index >= 15 is 0 Å². The molecule has 108 valence electrons.